The average molecular weight is 271 g/mol. The van der Waals surface area contributed by atoms with Gasteiger partial charge in [-0.3, -0.25) is 0 Å². The Kier molecular flexibility index (Phi) is 3.89. The van der Waals surface area contributed by atoms with Crippen molar-refractivity contribution in [3.05, 3.63) is 48.0 Å². The number of hydrogen-bond acceptors (Lipinski definition) is 3. The second-order valence-corrected chi connectivity index (χ2v) is 5.79. The zero-order valence-corrected chi connectivity index (χ0v) is 12.4. The average Bonchev–Trinajstić information content (AvgIpc) is 2.37. The lowest BCUT2D eigenvalue weighted by Crippen LogP contribution is -2.12. The highest BCUT2D eigenvalue weighted by Gasteiger charge is 2.18. The van der Waals surface area contributed by atoms with Crippen molar-refractivity contribution in [1.82, 2.24) is 0 Å². The molecule has 0 fully saturated rings. The molecule has 0 aromatic heterocycles. The van der Waals surface area contributed by atoms with Gasteiger partial charge in [0, 0.05) is 29.4 Å². The predicted octanol–water partition coefficient (Wildman–Crippen LogP) is 4.37. The second kappa shape index (κ2) is 5.45. The third kappa shape index (κ3) is 3.23. The number of rotatable bonds is 3. The third-order valence-corrected chi connectivity index (χ3v) is 3.06. The zero-order chi connectivity index (χ0) is 14.8. The molecule has 0 radical (unpaired) electrons. The van der Waals surface area contributed by atoms with Crippen molar-refractivity contribution in [3.63, 3.8) is 0 Å². The summed E-state index contributed by atoms with van der Waals surface area (Å²) in [6.45, 7) is 6.49. The van der Waals surface area contributed by atoms with E-state index in [0.29, 0.717) is 17.2 Å². The quantitative estimate of drug-likeness (QED) is 0.843. The minimum Gasteiger partial charge on any atom is -0.497 e. The topological polar surface area (TPSA) is 44.5 Å². The van der Waals surface area contributed by atoms with Gasteiger partial charge in [0.25, 0.3) is 0 Å². The molecule has 3 heteroatoms. The maximum atomic E-state index is 6.00. The van der Waals surface area contributed by atoms with Crippen LogP contribution in [0.5, 0.6) is 17.2 Å². The molecule has 0 saturated carbocycles. The second-order valence-electron chi connectivity index (χ2n) is 5.79. The van der Waals surface area contributed by atoms with Crippen LogP contribution in [0, 0.1) is 0 Å². The lowest BCUT2D eigenvalue weighted by Gasteiger charge is -2.22. The van der Waals surface area contributed by atoms with Crippen molar-refractivity contribution < 1.29 is 9.47 Å². The van der Waals surface area contributed by atoms with Crippen LogP contribution in [0.2, 0.25) is 0 Å². The maximum Gasteiger partial charge on any atom is 0.133 e. The number of methoxy groups -OCH3 is 1. The lowest BCUT2D eigenvalue weighted by molar-refractivity contribution is 0.407. The summed E-state index contributed by atoms with van der Waals surface area (Å²) in [6.07, 6.45) is 0. The number of para-hydroxylation sites is 1. The Balaban J connectivity index is 2.38. The molecule has 106 valence electrons. The molecule has 0 spiro atoms. The van der Waals surface area contributed by atoms with Crippen molar-refractivity contribution in [2.75, 3.05) is 12.8 Å². The van der Waals surface area contributed by atoms with E-state index in [1.807, 2.05) is 24.3 Å². The van der Waals surface area contributed by atoms with Crippen molar-refractivity contribution in [2.45, 2.75) is 26.2 Å². The maximum absolute atomic E-state index is 6.00. The van der Waals surface area contributed by atoms with E-state index >= 15 is 0 Å². The molecular formula is C17H21NO2. The first kappa shape index (κ1) is 14.3. The molecule has 0 aliphatic heterocycles. The van der Waals surface area contributed by atoms with Crippen LogP contribution in [0.4, 0.5) is 5.69 Å². The first-order valence-electron chi connectivity index (χ1n) is 6.62. The van der Waals surface area contributed by atoms with Gasteiger partial charge in [-0.25, -0.2) is 0 Å². The Labute approximate surface area is 120 Å². The fourth-order valence-corrected chi connectivity index (χ4v) is 2.07. The Bertz CT molecular complexity index is 600. The van der Waals surface area contributed by atoms with E-state index in [1.165, 1.54) is 0 Å². The Morgan fingerprint density at radius 2 is 1.60 bits per heavy atom. The first-order valence-corrected chi connectivity index (χ1v) is 6.62. The van der Waals surface area contributed by atoms with Crippen molar-refractivity contribution >= 4 is 5.69 Å². The van der Waals surface area contributed by atoms with E-state index in [-0.39, 0.29) is 5.41 Å². The molecule has 0 unspecified atom stereocenters. The molecule has 2 N–H and O–H groups in total. The minimum absolute atomic E-state index is 0.0149. The van der Waals surface area contributed by atoms with Crippen LogP contribution in [0.3, 0.4) is 0 Å². The van der Waals surface area contributed by atoms with Crippen LogP contribution in [0.15, 0.2) is 42.5 Å². The third-order valence-electron chi connectivity index (χ3n) is 3.06. The van der Waals surface area contributed by atoms with E-state index in [4.69, 9.17) is 15.2 Å². The molecule has 3 nitrogen and oxygen atoms in total. The molecule has 2 aromatic carbocycles. The van der Waals surface area contributed by atoms with Gasteiger partial charge in [-0.1, -0.05) is 39.0 Å². The smallest absolute Gasteiger partial charge is 0.133 e. The summed E-state index contributed by atoms with van der Waals surface area (Å²) in [7, 11) is 1.61. The van der Waals surface area contributed by atoms with Gasteiger partial charge < -0.3 is 15.2 Å². The number of benzene rings is 2. The summed E-state index contributed by atoms with van der Waals surface area (Å²) in [5, 5.41) is 0. The SMILES string of the molecule is COc1cc(N)cc(Oc2ccccc2C(C)(C)C)c1. The van der Waals surface area contributed by atoms with Crippen LogP contribution in [0.25, 0.3) is 0 Å². The molecular weight excluding hydrogens is 250 g/mol. The van der Waals surface area contributed by atoms with Crippen molar-refractivity contribution in [2.24, 2.45) is 0 Å². The van der Waals surface area contributed by atoms with Gasteiger partial charge >= 0.3 is 0 Å². The predicted molar refractivity (Wildman–Crippen MR) is 82.6 cm³/mol. The Morgan fingerprint density at radius 1 is 0.950 bits per heavy atom. The minimum atomic E-state index is 0.0149. The number of ether oxygens (including phenoxy) is 2. The fraction of sp³-hybridized carbons (Fsp3) is 0.294. The first-order chi connectivity index (χ1) is 9.40. The molecule has 0 aliphatic carbocycles. The standard InChI is InChI=1S/C17H21NO2/c1-17(2,3)15-7-5-6-8-16(15)20-14-10-12(18)9-13(11-14)19-4/h5-11H,18H2,1-4H3. The van der Waals surface area contributed by atoms with Crippen LogP contribution in [0.1, 0.15) is 26.3 Å². The number of hydrogen-bond donors (Lipinski definition) is 1. The lowest BCUT2D eigenvalue weighted by atomic mass is 9.86. The van der Waals surface area contributed by atoms with Crippen molar-refractivity contribution in [3.8, 4) is 17.2 Å². The van der Waals surface area contributed by atoms with Crippen LogP contribution in [-0.2, 0) is 5.41 Å². The van der Waals surface area contributed by atoms with Crippen LogP contribution < -0.4 is 15.2 Å². The van der Waals surface area contributed by atoms with Gasteiger partial charge in [0.2, 0.25) is 0 Å². The summed E-state index contributed by atoms with van der Waals surface area (Å²) in [6, 6.07) is 13.4. The Hall–Kier alpha value is -2.16. The van der Waals surface area contributed by atoms with Crippen molar-refractivity contribution in [1.29, 1.82) is 0 Å². The van der Waals surface area contributed by atoms with Gasteiger partial charge in [0.05, 0.1) is 7.11 Å². The molecule has 0 saturated heterocycles. The van der Waals surface area contributed by atoms with Gasteiger partial charge in [-0.2, -0.15) is 0 Å². The number of nitrogen functional groups attached to an aromatic ring is 1. The number of nitrogens with two attached hydrogens (primary N) is 1. The highest BCUT2D eigenvalue weighted by molar-refractivity contribution is 5.52. The molecule has 20 heavy (non-hydrogen) atoms. The monoisotopic (exact) mass is 271 g/mol. The van der Waals surface area contributed by atoms with E-state index in [0.717, 1.165) is 11.3 Å². The highest BCUT2D eigenvalue weighted by atomic mass is 16.5. The largest absolute Gasteiger partial charge is 0.497 e. The van der Waals surface area contributed by atoms with Crippen LogP contribution in [-0.4, -0.2) is 7.11 Å². The summed E-state index contributed by atoms with van der Waals surface area (Å²) in [4.78, 5) is 0. The summed E-state index contributed by atoms with van der Waals surface area (Å²) < 4.78 is 11.2. The molecule has 0 aliphatic rings. The van der Waals surface area contributed by atoms with Gasteiger partial charge in [0.15, 0.2) is 0 Å². The van der Waals surface area contributed by atoms with Gasteiger partial charge in [-0.15, -0.1) is 0 Å². The molecule has 2 rings (SSSR count). The molecule has 2 aromatic rings. The normalized spacial score (nSPS) is 11.2. The fourth-order valence-electron chi connectivity index (χ4n) is 2.07. The Morgan fingerprint density at radius 3 is 2.25 bits per heavy atom. The summed E-state index contributed by atoms with van der Waals surface area (Å²) >= 11 is 0. The van der Waals surface area contributed by atoms with E-state index < -0.39 is 0 Å². The van der Waals surface area contributed by atoms with E-state index in [9.17, 15) is 0 Å². The van der Waals surface area contributed by atoms with Gasteiger partial charge in [-0.05, 0) is 11.5 Å². The highest BCUT2D eigenvalue weighted by Crippen LogP contribution is 2.35. The molecule has 0 amide bonds. The summed E-state index contributed by atoms with van der Waals surface area (Å²) in [5.74, 6) is 2.21. The molecule has 0 bridgehead atoms. The van der Waals surface area contributed by atoms with E-state index in [1.54, 1.807) is 19.2 Å². The van der Waals surface area contributed by atoms with Crippen LogP contribution >= 0.6 is 0 Å². The van der Waals surface area contributed by atoms with Gasteiger partial charge in [0.1, 0.15) is 17.2 Å². The van der Waals surface area contributed by atoms with E-state index in [2.05, 4.69) is 26.8 Å². The number of anilines is 1. The zero-order valence-electron chi connectivity index (χ0n) is 12.4. The summed E-state index contributed by atoms with van der Waals surface area (Å²) in [5.41, 5.74) is 7.64. The molecule has 0 atom stereocenters. The molecule has 0 heterocycles.